The van der Waals surface area contributed by atoms with Crippen LogP contribution in [0.1, 0.15) is 133 Å². The van der Waals surface area contributed by atoms with Crippen molar-refractivity contribution in [3.05, 3.63) is 11.1 Å². The molecule has 5 aliphatic carbocycles. The van der Waals surface area contributed by atoms with Gasteiger partial charge in [0.1, 0.15) is 6.10 Å². The Hall–Kier alpha value is -0.790. The molecule has 2 nitrogen and oxygen atoms in total. The van der Waals surface area contributed by atoms with Gasteiger partial charge in [-0.15, -0.1) is 0 Å². The molecule has 192 valence electrons. The molecular formula is C32H52O2. The fourth-order valence-corrected chi connectivity index (χ4v) is 10.8. The van der Waals surface area contributed by atoms with Gasteiger partial charge in [-0.05, 0) is 110 Å². The zero-order valence-electron chi connectivity index (χ0n) is 23.8. The second-order valence-corrected chi connectivity index (χ2v) is 15.7. The van der Waals surface area contributed by atoms with E-state index in [2.05, 4.69) is 55.4 Å². The van der Waals surface area contributed by atoms with Gasteiger partial charge in [0.2, 0.25) is 0 Å². The molecule has 2 heteroatoms. The molecule has 0 amide bonds. The number of fused-ring (bicyclic) bond motifs is 6. The van der Waals surface area contributed by atoms with Crippen molar-refractivity contribution in [3.8, 4) is 0 Å². The lowest BCUT2D eigenvalue weighted by atomic mass is 9.35. The second kappa shape index (κ2) is 7.38. The molecule has 0 N–H and O–H groups in total. The molecule has 3 fully saturated rings. The molecular weight excluding hydrogens is 416 g/mol. The molecule has 0 radical (unpaired) electrons. The molecule has 0 aromatic rings. The van der Waals surface area contributed by atoms with Crippen molar-refractivity contribution in [1.82, 2.24) is 0 Å². The lowest BCUT2D eigenvalue weighted by Gasteiger charge is -2.69. The molecule has 3 saturated carbocycles. The first kappa shape index (κ1) is 24.9. The Morgan fingerprint density at radius 3 is 2.12 bits per heavy atom. The smallest absolute Gasteiger partial charge is 0.302 e. The fourth-order valence-electron chi connectivity index (χ4n) is 10.8. The quantitative estimate of drug-likeness (QED) is 0.284. The minimum atomic E-state index is -0.112. The Bertz CT molecular complexity index is 910. The number of hydrogen-bond acceptors (Lipinski definition) is 2. The van der Waals surface area contributed by atoms with Gasteiger partial charge in [-0.1, -0.05) is 66.5 Å². The maximum atomic E-state index is 11.9. The molecule has 0 aromatic heterocycles. The molecule has 0 aliphatic heterocycles. The van der Waals surface area contributed by atoms with Gasteiger partial charge in [0, 0.05) is 12.3 Å². The van der Waals surface area contributed by atoms with E-state index in [4.69, 9.17) is 4.74 Å². The summed E-state index contributed by atoms with van der Waals surface area (Å²) in [6, 6.07) is 0. The monoisotopic (exact) mass is 468 g/mol. The van der Waals surface area contributed by atoms with Crippen molar-refractivity contribution >= 4 is 5.97 Å². The zero-order valence-corrected chi connectivity index (χ0v) is 23.8. The van der Waals surface area contributed by atoms with Gasteiger partial charge in [0.15, 0.2) is 0 Å². The highest BCUT2D eigenvalue weighted by Crippen LogP contribution is 2.75. The van der Waals surface area contributed by atoms with E-state index in [9.17, 15) is 4.79 Å². The van der Waals surface area contributed by atoms with Crippen LogP contribution in [0.4, 0.5) is 0 Å². The van der Waals surface area contributed by atoms with Crippen LogP contribution in [0.15, 0.2) is 11.1 Å². The Labute approximate surface area is 210 Å². The number of carbonyl (C=O) groups excluding carboxylic acids is 1. The van der Waals surface area contributed by atoms with Gasteiger partial charge in [-0.25, -0.2) is 0 Å². The predicted octanol–water partition coefficient (Wildman–Crippen LogP) is 8.88. The maximum Gasteiger partial charge on any atom is 0.302 e. The van der Waals surface area contributed by atoms with Gasteiger partial charge in [0.25, 0.3) is 0 Å². The van der Waals surface area contributed by atoms with Gasteiger partial charge < -0.3 is 4.74 Å². The molecule has 7 unspecified atom stereocenters. The third-order valence-corrected chi connectivity index (χ3v) is 13.2. The predicted molar refractivity (Wildman–Crippen MR) is 140 cm³/mol. The standard InChI is InChI=1S/C32H52O2/c1-21(33)34-26-13-14-30(7)22-12-15-32(9)25-20-27(2,3)16-17-29(25,6)18-19-31(32,8)23(22)10-11-24(30)28(26,4)5/h24-26H,10-20H2,1-9H3. The Balaban J connectivity index is 1.54. The minimum absolute atomic E-state index is 0.0391. The van der Waals surface area contributed by atoms with E-state index in [1.54, 1.807) is 6.92 Å². The molecule has 0 spiro atoms. The SMILES string of the molecule is CC(=O)OC1CCC2(C)C3=C(CCC2C1(C)C)C1(C)CCC2(C)CCC(C)(C)CC2C1(C)CC3. The second-order valence-electron chi connectivity index (χ2n) is 15.7. The first-order chi connectivity index (χ1) is 15.6. The summed E-state index contributed by atoms with van der Waals surface area (Å²) in [5.41, 5.74) is 5.83. The third-order valence-electron chi connectivity index (χ3n) is 13.2. The van der Waals surface area contributed by atoms with Crippen LogP contribution in [0.3, 0.4) is 0 Å². The van der Waals surface area contributed by atoms with Crippen LogP contribution in [-0.2, 0) is 9.53 Å². The van der Waals surface area contributed by atoms with Gasteiger partial charge >= 0.3 is 5.97 Å². The lowest BCUT2D eigenvalue weighted by molar-refractivity contribution is -0.171. The zero-order chi connectivity index (χ0) is 24.9. The summed E-state index contributed by atoms with van der Waals surface area (Å²) >= 11 is 0. The number of esters is 1. The van der Waals surface area contributed by atoms with Crippen molar-refractivity contribution in [2.24, 2.45) is 44.3 Å². The Kier molecular flexibility index (Phi) is 5.40. The van der Waals surface area contributed by atoms with Crippen molar-refractivity contribution in [2.45, 2.75) is 139 Å². The van der Waals surface area contributed by atoms with E-state index in [0.29, 0.717) is 27.6 Å². The highest BCUT2D eigenvalue weighted by molar-refractivity contribution is 5.66. The summed E-state index contributed by atoms with van der Waals surface area (Å²) < 4.78 is 5.89. The maximum absolute atomic E-state index is 11.9. The molecule has 7 atom stereocenters. The van der Waals surface area contributed by atoms with Crippen LogP contribution in [0, 0.1) is 44.3 Å². The van der Waals surface area contributed by atoms with Crippen LogP contribution < -0.4 is 0 Å². The van der Waals surface area contributed by atoms with E-state index < -0.39 is 0 Å². The third kappa shape index (κ3) is 3.21. The van der Waals surface area contributed by atoms with Crippen LogP contribution in [-0.4, -0.2) is 12.1 Å². The van der Waals surface area contributed by atoms with Crippen LogP contribution in [0.5, 0.6) is 0 Å². The van der Waals surface area contributed by atoms with Crippen molar-refractivity contribution < 1.29 is 9.53 Å². The van der Waals surface area contributed by atoms with E-state index in [1.807, 2.05) is 11.1 Å². The number of allylic oxidation sites excluding steroid dienone is 2. The molecule has 0 saturated heterocycles. The summed E-state index contributed by atoms with van der Waals surface area (Å²) in [4.78, 5) is 11.9. The van der Waals surface area contributed by atoms with Gasteiger partial charge in [0.05, 0.1) is 0 Å². The van der Waals surface area contributed by atoms with Gasteiger partial charge in [-0.2, -0.15) is 0 Å². The average molecular weight is 469 g/mol. The van der Waals surface area contributed by atoms with E-state index in [-0.39, 0.29) is 22.9 Å². The highest BCUT2D eigenvalue weighted by atomic mass is 16.5. The number of hydrogen-bond donors (Lipinski definition) is 0. The van der Waals surface area contributed by atoms with Crippen molar-refractivity contribution in [3.63, 3.8) is 0 Å². The van der Waals surface area contributed by atoms with Gasteiger partial charge in [-0.3, -0.25) is 4.79 Å². The van der Waals surface area contributed by atoms with E-state index >= 15 is 0 Å². The van der Waals surface area contributed by atoms with E-state index in [0.717, 1.165) is 12.3 Å². The minimum Gasteiger partial charge on any atom is -0.462 e. The summed E-state index contributed by atoms with van der Waals surface area (Å²) in [6.45, 7) is 22.1. The average Bonchev–Trinajstić information content (AvgIpc) is 2.73. The first-order valence-electron chi connectivity index (χ1n) is 14.5. The molecule has 0 heterocycles. The molecule has 34 heavy (non-hydrogen) atoms. The fraction of sp³-hybridized carbons (Fsp3) is 0.906. The summed E-state index contributed by atoms with van der Waals surface area (Å²) in [5.74, 6) is 1.34. The Morgan fingerprint density at radius 1 is 0.765 bits per heavy atom. The Morgan fingerprint density at radius 2 is 1.44 bits per heavy atom. The lowest BCUT2D eigenvalue weighted by Crippen LogP contribution is -2.61. The van der Waals surface area contributed by atoms with Crippen molar-refractivity contribution in [2.75, 3.05) is 0 Å². The molecule has 5 aliphatic rings. The molecule has 5 rings (SSSR count). The number of carbonyl (C=O) groups is 1. The first-order valence-corrected chi connectivity index (χ1v) is 14.5. The van der Waals surface area contributed by atoms with Crippen LogP contribution in [0.2, 0.25) is 0 Å². The summed E-state index contributed by atoms with van der Waals surface area (Å²) in [7, 11) is 0. The topological polar surface area (TPSA) is 26.3 Å². The van der Waals surface area contributed by atoms with Crippen LogP contribution >= 0.6 is 0 Å². The molecule has 0 aromatic carbocycles. The van der Waals surface area contributed by atoms with Crippen LogP contribution in [0.25, 0.3) is 0 Å². The number of ether oxygens (including phenoxy) is 1. The largest absolute Gasteiger partial charge is 0.462 e. The number of rotatable bonds is 1. The van der Waals surface area contributed by atoms with E-state index in [1.165, 1.54) is 64.2 Å². The highest BCUT2D eigenvalue weighted by Gasteiger charge is 2.66. The normalized spacial score (nSPS) is 49.3. The van der Waals surface area contributed by atoms with Crippen molar-refractivity contribution in [1.29, 1.82) is 0 Å². The summed E-state index contributed by atoms with van der Waals surface area (Å²) in [6.07, 6.45) is 14.5. The molecule has 0 bridgehead atoms. The summed E-state index contributed by atoms with van der Waals surface area (Å²) in [5, 5.41) is 0.